The number of rotatable bonds is 6. The maximum Gasteiger partial charge on any atom is 0.335 e. The van der Waals surface area contributed by atoms with Crippen LogP contribution in [0.4, 0.5) is 4.39 Å². The van der Waals surface area contributed by atoms with Gasteiger partial charge >= 0.3 is 5.97 Å². The summed E-state index contributed by atoms with van der Waals surface area (Å²) in [7, 11) is 1.58. The van der Waals surface area contributed by atoms with Crippen molar-refractivity contribution < 1.29 is 19.0 Å². The molecule has 0 aliphatic heterocycles. The Hall–Kier alpha value is -3.19. The highest BCUT2D eigenvalue weighted by Gasteiger charge is 2.18. The molecule has 3 aromatic carbocycles. The zero-order valence-electron chi connectivity index (χ0n) is 16.1. The van der Waals surface area contributed by atoms with Gasteiger partial charge in [-0.2, -0.15) is 0 Å². The highest BCUT2D eigenvalue weighted by Crippen LogP contribution is 2.30. The second-order valence-electron chi connectivity index (χ2n) is 6.78. The Labute approximate surface area is 180 Å². The van der Waals surface area contributed by atoms with Crippen LogP contribution in [0, 0.1) is 5.82 Å². The first-order valence-electron chi connectivity index (χ1n) is 9.30. The number of aryl methyl sites for hydroxylation is 2. The van der Waals surface area contributed by atoms with Gasteiger partial charge in [-0.15, -0.1) is 0 Å². The topological polar surface area (TPSA) is 64.4 Å². The molecule has 4 rings (SSSR count). The molecule has 1 N–H and O–H groups in total. The van der Waals surface area contributed by atoms with Crippen LogP contribution < -0.4 is 4.74 Å². The van der Waals surface area contributed by atoms with Gasteiger partial charge in [0.15, 0.2) is 0 Å². The maximum atomic E-state index is 14.3. The van der Waals surface area contributed by atoms with Gasteiger partial charge in [-0.25, -0.2) is 14.2 Å². The molecule has 1 aromatic heterocycles. The Balaban J connectivity index is 1.84. The van der Waals surface area contributed by atoms with Crippen molar-refractivity contribution >= 4 is 32.9 Å². The molecule has 0 spiro atoms. The highest BCUT2D eigenvalue weighted by molar-refractivity contribution is 9.10. The van der Waals surface area contributed by atoms with Crippen molar-refractivity contribution in [3.8, 4) is 11.4 Å². The number of imidazole rings is 1. The summed E-state index contributed by atoms with van der Waals surface area (Å²) in [6.45, 7) is 0. The highest BCUT2D eigenvalue weighted by atomic mass is 79.9. The molecule has 0 bridgehead atoms. The van der Waals surface area contributed by atoms with Gasteiger partial charge in [-0.3, -0.25) is 4.57 Å². The Bertz CT molecular complexity index is 1250. The van der Waals surface area contributed by atoms with E-state index in [1.807, 2.05) is 28.8 Å². The number of nitrogens with zero attached hydrogens (tertiary/aromatic N) is 2. The lowest BCUT2D eigenvalue weighted by molar-refractivity contribution is 0.0697. The number of methoxy groups -OCH3 is 1. The monoisotopic (exact) mass is 468 g/mol. The average Bonchev–Trinajstić information content (AvgIpc) is 3.10. The molecule has 0 radical (unpaired) electrons. The molecular formula is C23H18BrFN2O3. The fourth-order valence-corrected chi connectivity index (χ4v) is 3.81. The zero-order valence-corrected chi connectivity index (χ0v) is 17.7. The van der Waals surface area contributed by atoms with Crippen LogP contribution in [0.2, 0.25) is 0 Å². The minimum absolute atomic E-state index is 0.170. The number of carbonyl (C=O) groups is 1. The molecular weight excluding hydrogens is 451 g/mol. The van der Waals surface area contributed by atoms with E-state index in [0.717, 1.165) is 5.69 Å². The number of aromatic carboxylic acids is 1. The van der Waals surface area contributed by atoms with E-state index in [9.17, 15) is 14.3 Å². The molecule has 0 unspecified atom stereocenters. The van der Waals surface area contributed by atoms with Gasteiger partial charge < -0.3 is 9.84 Å². The first-order valence-corrected chi connectivity index (χ1v) is 10.1. The minimum Gasteiger partial charge on any atom is -0.495 e. The van der Waals surface area contributed by atoms with E-state index in [1.165, 1.54) is 12.1 Å². The van der Waals surface area contributed by atoms with Crippen LogP contribution in [-0.4, -0.2) is 27.7 Å². The molecule has 0 aliphatic rings. The summed E-state index contributed by atoms with van der Waals surface area (Å²) in [5, 5.41) is 9.42. The van der Waals surface area contributed by atoms with Gasteiger partial charge in [0, 0.05) is 10.9 Å². The fraction of sp³-hybridized carbons (Fsp3) is 0.130. The number of para-hydroxylation sites is 2. The molecule has 30 heavy (non-hydrogen) atoms. The van der Waals surface area contributed by atoms with E-state index >= 15 is 0 Å². The molecule has 0 saturated carbocycles. The first kappa shape index (κ1) is 20.1. The van der Waals surface area contributed by atoms with E-state index in [4.69, 9.17) is 9.72 Å². The molecule has 0 fully saturated rings. The number of fused-ring (bicyclic) bond motifs is 1. The third-order valence-corrected chi connectivity index (χ3v) is 5.42. The third kappa shape index (κ3) is 3.80. The van der Waals surface area contributed by atoms with Gasteiger partial charge in [0.1, 0.15) is 17.4 Å². The number of halogens is 2. The summed E-state index contributed by atoms with van der Waals surface area (Å²) in [6.07, 6.45) is 0.914. The molecule has 152 valence electrons. The van der Waals surface area contributed by atoms with E-state index in [1.54, 1.807) is 31.4 Å². The summed E-state index contributed by atoms with van der Waals surface area (Å²) in [6, 6.07) is 17.3. The van der Waals surface area contributed by atoms with Crippen LogP contribution in [0.15, 0.2) is 65.1 Å². The standard InChI is InChI=1S/C23H18BrFN2O3/c1-30-21-5-3-2-4-19(21)27-20-12-15(23(28)29)7-10-18(20)26-22(27)11-8-14-6-9-16(24)13-17(14)25/h2-7,9-10,12-13H,8,11H2,1H3,(H,28,29). The van der Waals surface area contributed by atoms with Crippen LogP contribution in [0.3, 0.4) is 0 Å². The predicted octanol–water partition coefficient (Wildman–Crippen LogP) is 5.42. The number of benzene rings is 3. The largest absolute Gasteiger partial charge is 0.495 e. The Morgan fingerprint density at radius 3 is 2.67 bits per heavy atom. The van der Waals surface area contributed by atoms with E-state index in [-0.39, 0.29) is 11.4 Å². The van der Waals surface area contributed by atoms with Crippen LogP contribution in [0.25, 0.3) is 16.7 Å². The molecule has 5 nitrogen and oxygen atoms in total. The lowest BCUT2D eigenvalue weighted by atomic mass is 10.1. The van der Waals surface area contributed by atoms with Crippen molar-refractivity contribution in [2.24, 2.45) is 0 Å². The fourth-order valence-electron chi connectivity index (χ4n) is 3.48. The summed E-state index contributed by atoms with van der Waals surface area (Å²) >= 11 is 3.27. The zero-order chi connectivity index (χ0) is 21.3. The first-order chi connectivity index (χ1) is 14.5. The Kier molecular flexibility index (Phi) is 5.55. The van der Waals surface area contributed by atoms with Crippen LogP contribution in [-0.2, 0) is 12.8 Å². The smallest absolute Gasteiger partial charge is 0.335 e. The summed E-state index contributed by atoms with van der Waals surface area (Å²) in [5.74, 6) is 0.0357. The second-order valence-corrected chi connectivity index (χ2v) is 7.70. The second kappa shape index (κ2) is 8.28. The summed E-state index contributed by atoms with van der Waals surface area (Å²) < 4.78 is 22.4. The van der Waals surface area contributed by atoms with Crippen molar-refractivity contribution in [1.29, 1.82) is 0 Å². The van der Waals surface area contributed by atoms with E-state index < -0.39 is 5.97 Å². The third-order valence-electron chi connectivity index (χ3n) is 4.93. The molecule has 0 atom stereocenters. The number of hydrogen-bond acceptors (Lipinski definition) is 3. The van der Waals surface area contributed by atoms with Crippen molar-refractivity contribution in [3.05, 3.63) is 87.9 Å². The molecule has 0 saturated heterocycles. The maximum absolute atomic E-state index is 14.3. The van der Waals surface area contributed by atoms with Gasteiger partial charge in [0.2, 0.25) is 0 Å². The molecule has 7 heteroatoms. The summed E-state index contributed by atoms with van der Waals surface area (Å²) in [4.78, 5) is 16.2. The number of aromatic nitrogens is 2. The van der Waals surface area contributed by atoms with Crippen LogP contribution in [0.1, 0.15) is 21.7 Å². The molecule has 0 amide bonds. The number of hydrogen-bond donors (Lipinski definition) is 1. The SMILES string of the molecule is COc1ccccc1-n1c(CCc2ccc(Br)cc2F)nc2ccc(C(=O)O)cc21. The van der Waals surface area contributed by atoms with Crippen molar-refractivity contribution in [2.45, 2.75) is 12.8 Å². The van der Waals surface area contributed by atoms with Crippen molar-refractivity contribution in [3.63, 3.8) is 0 Å². The normalized spacial score (nSPS) is 11.0. The quantitative estimate of drug-likeness (QED) is 0.410. The molecule has 4 aromatic rings. The minimum atomic E-state index is -1.01. The van der Waals surface area contributed by atoms with Gasteiger partial charge in [-0.05, 0) is 54.4 Å². The van der Waals surface area contributed by atoms with Gasteiger partial charge in [0.05, 0.1) is 29.4 Å². The molecule has 1 heterocycles. The number of ether oxygens (including phenoxy) is 1. The number of carboxylic acids is 1. The van der Waals surface area contributed by atoms with E-state index in [0.29, 0.717) is 45.5 Å². The van der Waals surface area contributed by atoms with Crippen molar-refractivity contribution in [1.82, 2.24) is 9.55 Å². The van der Waals surface area contributed by atoms with Gasteiger partial charge in [0.25, 0.3) is 0 Å². The van der Waals surface area contributed by atoms with E-state index in [2.05, 4.69) is 15.9 Å². The van der Waals surface area contributed by atoms with Crippen LogP contribution >= 0.6 is 15.9 Å². The van der Waals surface area contributed by atoms with Crippen molar-refractivity contribution in [2.75, 3.05) is 7.11 Å². The summed E-state index contributed by atoms with van der Waals surface area (Å²) in [5.41, 5.74) is 2.83. The lowest BCUT2D eigenvalue weighted by Gasteiger charge is -2.13. The van der Waals surface area contributed by atoms with Gasteiger partial charge in [-0.1, -0.05) is 34.1 Å². The average molecular weight is 469 g/mol. The van der Waals surface area contributed by atoms with Crippen LogP contribution in [0.5, 0.6) is 5.75 Å². The Morgan fingerprint density at radius 2 is 1.93 bits per heavy atom. The molecule has 0 aliphatic carbocycles. The Morgan fingerprint density at radius 1 is 1.13 bits per heavy atom. The predicted molar refractivity (Wildman–Crippen MR) is 116 cm³/mol. The lowest BCUT2D eigenvalue weighted by Crippen LogP contribution is -2.06. The number of carboxylic acid groups (broad SMARTS) is 1.